The molecular weight excluding hydrogens is 606 g/mol. The van der Waals surface area contributed by atoms with E-state index in [1.165, 1.54) is 25.3 Å². The van der Waals surface area contributed by atoms with Crippen LogP contribution in [-0.4, -0.2) is 25.0 Å². The summed E-state index contributed by atoms with van der Waals surface area (Å²) in [6.45, 7) is 0.228. The minimum Gasteiger partial charge on any atom is -0.493 e. The number of nitrogens with one attached hydrogen (secondary N) is 1. The van der Waals surface area contributed by atoms with Gasteiger partial charge in [0.2, 0.25) is 0 Å². The largest absolute Gasteiger partial charge is 0.493 e. The van der Waals surface area contributed by atoms with Crippen molar-refractivity contribution in [2.45, 2.75) is 6.61 Å². The number of methoxy groups -OCH3 is 1. The average molecular weight is 623 g/mol. The molecule has 0 saturated carbocycles. The van der Waals surface area contributed by atoms with Crippen molar-refractivity contribution in [2.24, 2.45) is 0 Å². The number of imide groups is 2. The fourth-order valence-electron chi connectivity index (χ4n) is 3.38. The highest BCUT2D eigenvalue weighted by atomic mass is 127. The first-order valence-electron chi connectivity index (χ1n) is 10.2. The molecule has 0 unspecified atom stereocenters. The second kappa shape index (κ2) is 10.7. The van der Waals surface area contributed by atoms with Gasteiger partial charge in [-0.1, -0.05) is 41.4 Å². The molecule has 1 heterocycles. The van der Waals surface area contributed by atoms with Crippen LogP contribution in [0.3, 0.4) is 0 Å². The van der Waals surface area contributed by atoms with Crippen LogP contribution in [0.4, 0.5) is 10.5 Å². The predicted octanol–water partition coefficient (Wildman–Crippen LogP) is 5.85. The van der Waals surface area contributed by atoms with Gasteiger partial charge >= 0.3 is 6.03 Å². The van der Waals surface area contributed by atoms with Gasteiger partial charge in [-0.2, -0.15) is 0 Å². The average Bonchev–Trinajstić information content (AvgIpc) is 2.83. The quantitative estimate of drug-likeness (QED) is 0.212. The van der Waals surface area contributed by atoms with Gasteiger partial charge in [-0.05, 0) is 76.7 Å². The molecule has 4 amide bonds. The zero-order valence-electron chi connectivity index (χ0n) is 18.2. The Bertz CT molecular complexity index is 1360. The molecule has 0 bridgehead atoms. The zero-order valence-corrected chi connectivity index (χ0v) is 21.8. The lowest BCUT2D eigenvalue weighted by Crippen LogP contribution is -2.54. The minimum absolute atomic E-state index is 0.206. The van der Waals surface area contributed by atoms with Gasteiger partial charge in [0.25, 0.3) is 11.8 Å². The van der Waals surface area contributed by atoms with E-state index in [1.54, 1.807) is 30.3 Å². The maximum absolute atomic E-state index is 13.1. The van der Waals surface area contributed by atoms with Gasteiger partial charge in [-0.15, -0.1) is 0 Å². The molecule has 7 nitrogen and oxygen atoms in total. The molecule has 0 radical (unpaired) electrons. The Morgan fingerprint density at radius 1 is 1.03 bits per heavy atom. The van der Waals surface area contributed by atoms with Gasteiger partial charge in [-0.3, -0.25) is 14.9 Å². The Labute approximate surface area is 224 Å². The molecule has 0 atom stereocenters. The van der Waals surface area contributed by atoms with Crippen LogP contribution in [0.15, 0.2) is 66.2 Å². The number of urea groups is 1. The molecule has 0 aromatic heterocycles. The maximum atomic E-state index is 13.1. The standard InChI is InChI=1S/C25H17Cl2IN2O5/c1-34-21-12-14(11-20(28)22(21)35-13-15-4-2-3-5-19(15)27)10-18-23(31)29-25(33)30(24(18)32)17-8-6-16(26)7-9-17/h2-12H,13H2,1H3,(H,29,31,33)/b18-10+. The summed E-state index contributed by atoms with van der Waals surface area (Å²) in [7, 11) is 1.49. The number of anilines is 1. The SMILES string of the molecule is COc1cc(/C=C2\C(=O)NC(=O)N(c3ccc(Cl)cc3)C2=O)cc(I)c1OCc1ccccc1Cl. The van der Waals surface area contributed by atoms with Crippen LogP contribution in [0.5, 0.6) is 11.5 Å². The molecule has 178 valence electrons. The van der Waals surface area contributed by atoms with Crippen molar-refractivity contribution in [1.29, 1.82) is 0 Å². The first-order chi connectivity index (χ1) is 16.8. The van der Waals surface area contributed by atoms with Gasteiger partial charge < -0.3 is 9.47 Å². The van der Waals surface area contributed by atoms with Crippen LogP contribution < -0.4 is 19.7 Å². The number of ether oxygens (including phenoxy) is 2. The molecule has 1 fully saturated rings. The van der Waals surface area contributed by atoms with Gasteiger partial charge in [0, 0.05) is 15.6 Å². The van der Waals surface area contributed by atoms with Crippen LogP contribution in [0.25, 0.3) is 6.08 Å². The summed E-state index contributed by atoms with van der Waals surface area (Å²) in [5, 5.41) is 3.23. The highest BCUT2D eigenvalue weighted by Crippen LogP contribution is 2.36. The van der Waals surface area contributed by atoms with Crippen molar-refractivity contribution in [3.8, 4) is 11.5 Å². The summed E-state index contributed by atoms with van der Waals surface area (Å²) < 4.78 is 12.1. The van der Waals surface area contributed by atoms with Crippen LogP contribution in [0.2, 0.25) is 10.0 Å². The molecule has 1 aliphatic rings. The van der Waals surface area contributed by atoms with Crippen molar-refractivity contribution >= 4 is 75.4 Å². The number of halogens is 3. The second-order valence-corrected chi connectivity index (χ2v) is 9.35. The van der Waals surface area contributed by atoms with Crippen molar-refractivity contribution in [3.63, 3.8) is 0 Å². The lowest BCUT2D eigenvalue weighted by Gasteiger charge is -2.26. The van der Waals surface area contributed by atoms with E-state index in [1.807, 2.05) is 18.2 Å². The van der Waals surface area contributed by atoms with E-state index in [9.17, 15) is 14.4 Å². The van der Waals surface area contributed by atoms with Gasteiger partial charge in [0.05, 0.1) is 16.4 Å². The van der Waals surface area contributed by atoms with E-state index < -0.39 is 17.8 Å². The van der Waals surface area contributed by atoms with Gasteiger partial charge in [0.15, 0.2) is 11.5 Å². The van der Waals surface area contributed by atoms with Crippen molar-refractivity contribution < 1.29 is 23.9 Å². The summed E-state index contributed by atoms with van der Waals surface area (Å²) in [6.07, 6.45) is 1.40. The van der Waals surface area contributed by atoms with Gasteiger partial charge in [-0.25, -0.2) is 9.69 Å². The van der Waals surface area contributed by atoms with Crippen molar-refractivity contribution in [1.82, 2.24) is 5.32 Å². The highest BCUT2D eigenvalue weighted by Gasteiger charge is 2.36. The van der Waals surface area contributed by atoms with E-state index in [0.29, 0.717) is 30.7 Å². The molecular formula is C25H17Cl2IN2O5. The summed E-state index contributed by atoms with van der Waals surface area (Å²) in [6, 6.07) is 16.0. The summed E-state index contributed by atoms with van der Waals surface area (Å²) in [5.74, 6) is -0.648. The Balaban J connectivity index is 1.64. The normalized spacial score (nSPS) is 14.8. The molecule has 4 rings (SSSR count). The topological polar surface area (TPSA) is 84.9 Å². The molecule has 3 aromatic rings. The number of rotatable bonds is 6. The third kappa shape index (κ3) is 5.44. The lowest BCUT2D eigenvalue weighted by atomic mass is 10.1. The molecule has 10 heteroatoms. The van der Waals surface area contributed by atoms with Crippen LogP contribution in [-0.2, 0) is 16.2 Å². The Morgan fingerprint density at radius 2 is 1.74 bits per heavy atom. The number of hydrogen-bond acceptors (Lipinski definition) is 5. The lowest BCUT2D eigenvalue weighted by molar-refractivity contribution is -0.122. The molecule has 1 aliphatic heterocycles. The summed E-state index contributed by atoms with van der Waals surface area (Å²) >= 11 is 14.2. The number of amides is 4. The first kappa shape index (κ1) is 25.0. The fraction of sp³-hybridized carbons (Fsp3) is 0.0800. The minimum atomic E-state index is -0.838. The van der Waals surface area contributed by atoms with E-state index in [4.69, 9.17) is 32.7 Å². The Kier molecular flexibility index (Phi) is 7.63. The van der Waals surface area contributed by atoms with E-state index >= 15 is 0 Å². The van der Waals surface area contributed by atoms with E-state index in [0.717, 1.165) is 10.5 Å². The molecule has 1 N–H and O–H groups in total. The van der Waals surface area contributed by atoms with Gasteiger partial charge in [0.1, 0.15) is 12.2 Å². The first-order valence-corrected chi connectivity index (χ1v) is 12.0. The third-order valence-electron chi connectivity index (χ3n) is 5.08. The zero-order chi connectivity index (χ0) is 25.1. The summed E-state index contributed by atoms with van der Waals surface area (Å²) in [4.78, 5) is 38.9. The van der Waals surface area contributed by atoms with Crippen LogP contribution >= 0.6 is 45.8 Å². The molecule has 0 spiro atoms. The number of barbiturate groups is 1. The van der Waals surface area contributed by atoms with E-state index in [2.05, 4.69) is 27.9 Å². The number of benzene rings is 3. The number of hydrogen-bond donors (Lipinski definition) is 1. The third-order valence-corrected chi connectivity index (χ3v) is 6.50. The molecule has 35 heavy (non-hydrogen) atoms. The smallest absolute Gasteiger partial charge is 0.335 e. The Hall–Kier alpha value is -3.08. The molecule has 0 aliphatic carbocycles. The van der Waals surface area contributed by atoms with E-state index in [-0.39, 0.29) is 17.9 Å². The monoisotopic (exact) mass is 622 g/mol. The Morgan fingerprint density at radius 3 is 2.43 bits per heavy atom. The van der Waals surface area contributed by atoms with Crippen molar-refractivity contribution in [2.75, 3.05) is 12.0 Å². The van der Waals surface area contributed by atoms with Crippen LogP contribution in [0, 0.1) is 3.57 Å². The van der Waals surface area contributed by atoms with Crippen molar-refractivity contribution in [3.05, 3.63) is 91.0 Å². The number of nitrogens with zero attached hydrogens (tertiary/aromatic N) is 1. The number of carbonyl (C=O) groups is 3. The molecule has 3 aromatic carbocycles. The fourth-order valence-corrected chi connectivity index (χ4v) is 4.47. The predicted molar refractivity (Wildman–Crippen MR) is 142 cm³/mol. The summed E-state index contributed by atoms with van der Waals surface area (Å²) in [5.41, 5.74) is 1.41. The maximum Gasteiger partial charge on any atom is 0.335 e. The molecule has 1 saturated heterocycles. The highest BCUT2D eigenvalue weighted by molar-refractivity contribution is 14.1. The van der Waals surface area contributed by atoms with Crippen LogP contribution in [0.1, 0.15) is 11.1 Å². The second-order valence-electron chi connectivity index (χ2n) is 7.35. The number of carbonyl (C=O) groups excluding carboxylic acids is 3.